The molecule has 0 aliphatic carbocycles. The van der Waals surface area contributed by atoms with Crippen LogP contribution in [0.25, 0.3) is 0 Å². The average molecular weight is 208 g/mol. The fourth-order valence-corrected chi connectivity index (χ4v) is 0.774. The molecule has 0 fully saturated rings. The van der Waals surface area contributed by atoms with Crippen molar-refractivity contribution in [2.24, 2.45) is 0 Å². The van der Waals surface area contributed by atoms with E-state index in [0.29, 0.717) is 6.07 Å². The van der Waals surface area contributed by atoms with Crippen molar-refractivity contribution < 1.29 is 28.5 Å². The Labute approximate surface area is 78.6 Å². The molecule has 0 atom stereocenters. The molecule has 0 aromatic heterocycles. The first-order valence-corrected chi connectivity index (χ1v) is 3.03. The van der Waals surface area contributed by atoms with Gasteiger partial charge in [0.15, 0.2) is 0 Å². The Morgan fingerprint density at radius 1 is 1.07 bits per heavy atom. The smallest absolute Gasteiger partial charge is 0.870 e. The van der Waals surface area contributed by atoms with Crippen LogP contribution in [0.5, 0.6) is 0 Å². The van der Waals surface area contributed by atoms with Crippen molar-refractivity contribution in [3.8, 4) is 0 Å². The average Bonchev–Trinajstić information content (AvgIpc) is 1.92. The Balaban J connectivity index is 0. The van der Waals surface area contributed by atoms with E-state index in [1.54, 1.807) is 0 Å². The second-order valence-electron chi connectivity index (χ2n) is 2.23. The maximum atomic E-state index is 12.3. The minimum absolute atomic E-state index is 0. The van der Waals surface area contributed by atoms with Gasteiger partial charge in [-0.1, -0.05) is 0 Å². The molecule has 0 saturated heterocycles. The van der Waals surface area contributed by atoms with Gasteiger partial charge in [-0.15, -0.1) is 0 Å². The van der Waals surface area contributed by atoms with Crippen molar-refractivity contribution in [1.82, 2.24) is 0 Å². The number of benzene rings is 1. The summed E-state index contributed by atoms with van der Waals surface area (Å²) in [6, 6.07) is 2.14. The maximum absolute atomic E-state index is 12.3. The molecule has 2 N–H and O–H groups in total. The standard InChI is InChI=1S/C7H3BF4.2H2O/c8-6-2-1-4(9)3-5(6)7(10,11)12;;/h1-3H;2*1H2/q+2;;/p-2. The van der Waals surface area contributed by atoms with E-state index in [9.17, 15) is 17.6 Å². The van der Waals surface area contributed by atoms with E-state index in [1.165, 1.54) is 0 Å². The minimum Gasteiger partial charge on any atom is -0.870 e. The minimum atomic E-state index is -4.59. The largest absolute Gasteiger partial charge is 0.870 e. The molecule has 0 aliphatic heterocycles. The van der Waals surface area contributed by atoms with E-state index >= 15 is 0 Å². The van der Waals surface area contributed by atoms with Crippen LogP contribution < -0.4 is 5.46 Å². The van der Waals surface area contributed by atoms with E-state index in [2.05, 4.69) is 0 Å². The number of halogens is 4. The van der Waals surface area contributed by atoms with Crippen molar-refractivity contribution >= 4 is 13.3 Å². The summed E-state index contributed by atoms with van der Waals surface area (Å²) in [6.45, 7) is 0. The van der Waals surface area contributed by atoms with Gasteiger partial charge in [0, 0.05) is 0 Å². The summed E-state index contributed by atoms with van der Waals surface area (Å²) in [5.41, 5.74) is -1.61. The molecule has 0 amide bonds. The summed E-state index contributed by atoms with van der Waals surface area (Å²) in [5.74, 6) is -0.948. The van der Waals surface area contributed by atoms with E-state index in [1.807, 2.05) is 0 Å². The van der Waals surface area contributed by atoms with E-state index in [-0.39, 0.29) is 11.0 Å². The molecular formula is C7H5BF4O2. The fraction of sp³-hybridized carbons (Fsp3) is 0.143. The van der Waals surface area contributed by atoms with Gasteiger partial charge in [-0.05, 0) is 0 Å². The molecule has 1 rings (SSSR count). The third-order valence-corrected chi connectivity index (χ3v) is 1.32. The van der Waals surface area contributed by atoms with Crippen LogP contribution in [0.1, 0.15) is 5.56 Å². The summed E-state index contributed by atoms with van der Waals surface area (Å²) in [7, 11) is 4.99. The van der Waals surface area contributed by atoms with Gasteiger partial charge in [-0.25, -0.2) is 0 Å². The molecule has 2 nitrogen and oxygen atoms in total. The Morgan fingerprint density at radius 3 is 1.93 bits per heavy atom. The van der Waals surface area contributed by atoms with Crippen LogP contribution in [0.2, 0.25) is 0 Å². The van der Waals surface area contributed by atoms with Gasteiger partial charge >= 0.3 is 66.6 Å². The number of rotatable bonds is 0. The normalized spacial score (nSPS) is 10.1. The fourth-order valence-electron chi connectivity index (χ4n) is 0.774. The van der Waals surface area contributed by atoms with Crippen LogP contribution in [0.15, 0.2) is 18.2 Å². The molecule has 0 radical (unpaired) electrons. The molecule has 14 heavy (non-hydrogen) atoms. The number of hydrogen-bond acceptors (Lipinski definition) is 2. The molecule has 0 aliphatic rings. The molecular weight excluding hydrogens is 203 g/mol. The Kier molecular flexibility index (Phi) is 5.47. The third kappa shape index (κ3) is 3.35. The monoisotopic (exact) mass is 208 g/mol. The number of alkyl halides is 3. The first kappa shape index (κ1) is 15.4. The van der Waals surface area contributed by atoms with Crippen molar-refractivity contribution in [3.05, 3.63) is 29.6 Å². The summed E-state index contributed by atoms with van der Waals surface area (Å²) in [4.78, 5) is 0. The van der Waals surface area contributed by atoms with Crippen molar-refractivity contribution in [1.29, 1.82) is 0 Å². The first-order valence-electron chi connectivity index (χ1n) is 3.03. The second kappa shape index (κ2) is 4.97. The molecule has 1 aromatic rings. The van der Waals surface area contributed by atoms with E-state index in [4.69, 9.17) is 7.85 Å². The van der Waals surface area contributed by atoms with Crippen LogP contribution in [0.4, 0.5) is 17.6 Å². The topological polar surface area (TPSA) is 60.0 Å². The second-order valence-corrected chi connectivity index (χ2v) is 2.23. The predicted molar refractivity (Wildman–Crippen MR) is 40.7 cm³/mol. The van der Waals surface area contributed by atoms with Gasteiger partial charge in [0.05, 0.1) is 0 Å². The zero-order chi connectivity index (χ0) is 9.35. The number of hydrogen-bond donors (Lipinski definition) is 0. The molecule has 76 valence electrons. The zero-order valence-corrected chi connectivity index (χ0v) is 6.72. The van der Waals surface area contributed by atoms with Crippen LogP contribution in [0.3, 0.4) is 0 Å². The Hall–Kier alpha value is -1.08. The van der Waals surface area contributed by atoms with Crippen LogP contribution in [-0.2, 0) is 6.18 Å². The summed E-state index contributed by atoms with van der Waals surface area (Å²) in [6.07, 6.45) is -4.59. The van der Waals surface area contributed by atoms with Gasteiger partial charge in [-0.2, -0.15) is 0 Å². The predicted octanol–water partition coefficient (Wildman–Crippen LogP) is 1.28. The van der Waals surface area contributed by atoms with Crippen LogP contribution >= 0.6 is 0 Å². The summed E-state index contributed by atoms with van der Waals surface area (Å²) >= 11 is 0. The molecule has 0 heterocycles. The van der Waals surface area contributed by atoms with Gasteiger partial charge in [0.1, 0.15) is 0 Å². The Morgan fingerprint density at radius 2 is 1.57 bits per heavy atom. The first-order chi connectivity index (χ1) is 5.41. The van der Waals surface area contributed by atoms with E-state index < -0.39 is 23.0 Å². The molecule has 0 saturated carbocycles. The third-order valence-electron chi connectivity index (χ3n) is 1.32. The quantitative estimate of drug-likeness (QED) is 0.476. The molecule has 7 heteroatoms. The van der Waals surface area contributed by atoms with Crippen molar-refractivity contribution in [2.45, 2.75) is 6.18 Å². The zero-order valence-electron chi connectivity index (χ0n) is 6.72. The van der Waals surface area contributed by atoms with Gasteiger partial charge in [-0.3, -0.25) is 0 Å². The van der Waals surface area contributed by atoms with Crippen LogP contribution in [0, 0.1) is 5.82 Å². The molecule has 0 bridgehead atoms. The molecule has 1 aromatic carbocycles. The van der Waals surface area contributed by atoms with Crippen LogP contribution in [-0.4, -0.2) is 18.8 Å². The molecule has 0 spiro atoms. The van der Waals surface area contributed by atoms with Gasteiger partial charge in [0.25, 0.3) is 0 Å². The Bertz CT molecular complexity index is 300. The van der Waals surface area contributed by atoms with E-state index in [0.717, 1.165) is 12.1 Å². The maximum Gasteiger partial charge on any atom is -0.870 e. The summed E-state index contributed by atoms with van der Waals surface area (Å²) in [5, 5.41) is 0. The van der Waals surface area contributed by atoms with Crippen molar-refractivity contribution in [2.75, 3.05) is 0 Å². The SMILES string of the molecule is [B+2]c1ccc(F)cc1C(F)(F)F.[OH-].[OH-]. The summed E-state index contributed by atoms with van der Waals surface area (Å²) < 4.78 is 48.3. The van der Waals surface area contributed by atoms with Gasteiger partial charge in [0.2, 0.25) is 0 Å². The van der Waals surface area contributed by atoms with Crippen molar-refractivity contribution in [3.63, 3.8) is 0 Å². The van der Waals surface area contributed by atoms with Gasteiger partial charge < -0.3 is 11.0 Å². The molecule has 0 unspecified atom stereocenters.